The van der Waals surface area contributed by atoms with Crippen LogP contribution in [-0.2, 0) is 13.6 Å². The van der Waals surface area contributed by atoms with Crippen molar-refractivity contribution < 1.29 is 13.6 Å². The van der Waals surface area contributed by atoms with Crippen LogP contribution >= 0.6 is 7.75 Å². The molecule has 114 valence electrons. The first kappa shape index (κ1) is 17.4. The zero-order valence-electron chi connectivity index (χ0n) is 12.7. The van der Waals surface area contributed by atoms with E-state index in [4.69, 9.17) is 9.05 Å². The normalized spacial score (nSPS) is 13.3. The first-order valence-corrected chi connectivity index (χ1v) is 8.84. The number of rotatable bonds is 10. The fraction of sp³-hybridized carbons (Fsp3) is 0.600. The van der Waals surface area contributed by atoms with Gasteiger partial charge in [-0.25, -0.2) is 9.65 Å². The standard InChI is InChI=1S/C15H26NO3P/c1-4-11-18-20(17,19-12-5-2)16-13-14(3)15-9-7-6-8-10-15/h6-10,14H,4-5,11-13H2,1-3H3,(H,16,17). The van der Waals surface area contributed by atoms with Gasteiger partial charge in [0, 0.05) is 6.54 Å². The molecule has 0 saturated carbocycles. The van der Waals surface area contributed by atoms with Crippen molar-refractivity contribution in [3.05, 3.63) is 35.9 Å². The summed E-state index contributed by atoms with van der Waals surface area (Å²) >= 11 is 0. The topological polar surface area (TPSA) is 47.6 Å². The third-order valence-corrected chi connectivity index (χ3v) is 4.51. The molecular weight excluding hydrogens is 273 g/mol. The van der Waals surface area contributed by atoms with Gasteiger partial charge in [-0.15, -0.1) is 0 Å². The van der Waals surface area contributed by atoms with Gasteiger partial charge in [0.15, 0.2) is 0 Å². The number of hydrogen-bond acceptors (Lipinski definition) is 3. The Hall–Kier alpha value is -0.670. The molecule has 1 aromatic carbocycles. The van der Waals surface area contributed by atoms with E-state index in [1.807, 2.05) is 32.0 Å². The van der Waals surface area contributed by atoms with E-state index in [1.54, 1.807) is 0 Å². The molecule has 0 aliphatic carbocycles. The highest BCUT2D eigenvalue weighted by molar-refractivity contribution is 7.51. The molecule has 20 heavy (non-hydrogen) atoms. The average molecular weight is 299 g/mol. The molecule has 0 saturated heterocycles. The van der Waals surface area contributed by atoms with Crippen molar-refractivity contribution in [3.63, 3.8) is 0 Å². The van der Waals surface area contributed by atoms with E-state index in [2.05, 4.69) is 24.1 Å². The molecule has 1 N–H and O–H groups in total. The van der Waals surface area contributed by atoms with Gasteiger partial charge in [0.2, 0.25) is 0 Å². The minimum Gasteiger partial charge on any atom is -0.297 e. The molecule has 1 aromatic rings. The van der Waals surface area contributed by atoms with Gasteiger partial charge in [0.05, 0.1) is 13.2 Å². The smallest absolute Gasteiger partial charge is 0.297 e. The lowest BCUT2D eigenvalue weighted by Gasteiger charge is -2.21. The van der Waals surface area contributed by atoms with Gasteiger partial charge in [0.1, 0.15) is 0 Å². The maximum absolute atomic E-state index is 12.5. The van der Waals surface area contributed by atoms with Crippen LogP contribution in [0.3, 0.4) is 0 Å². The summed E-state index contributed by atoms with van der Waals surface area (Å²) in [5.74, 6) is 0.250. The predicted octanol–water partition coefficient (Wildman–Crippen LogP) is 4.34. The van der Waals surface area contributed by atoms with E-state index in [9.17, 15) is 4.57 Å². The van der Waals surface area contributed by atoms with Gasteiger partial charge in [-0.1, -0.05) is 51.1 Å². The minimum atomic E-state index is -3.18. The second kappa shape index (κ2) is 9.30. The van der Waals surface area contributed by atoms with E-state index < -0.39 is 7.75 Å². The van der Waals surface area contributed by atoms with Crippen molar-refractivity contribution in [1.82, 2.24) is 5.09 Å². The lowest BCUT2D eigenvalue weighted by Crippen LogP contribution is -2.20. The summed E-state index contributed by atoms with van der Waals surface area (Å²) in [7, 11) is -3.18. The monoisotopic (exact) mass is 299 g/mol. The SMILES string of the molecule is CCCOP(=O)(NCC(C)c1ccccc1)OCCC. The molecule has 0 aromatic heterocycles. The van der Waals surface area contributed by atoms with Crippen LogP contribution in [0.4, 0.5) is 0 Å². The van der Waals surface area contributed by atoms with Crippen molar-refractivity contribution >= 4 is 7.75 Å². The highest BCUT2D eigenvalue weighted by Gasteiger charge is 2.24. The molecule has 0 fully saturated rings. The van der Waals surface area contributed by atoms with Crippen LogP contribution < -0.4 is 5.09 Å². The van der Waals surface area contributed by atoms with Crippen molar-refractivity contribution in [2.75, 3.05) is 19.8 Å². The van der Waals surface area contributed by atoms with Gasteiger partial charge in [-0.2, -0.15) is 0 Å². The second-order valence-electron chi connectivity index (χ2n) is 4.84. The lowest BCUT2D eigenvalue weighted by molar-refractivity contribution is 0.195. The van der Waals surface area contributed by atoms with Crippen LogP contribution in [0.25, 0.3) is 0 Å². The molecule has 4 nitrogen and oxygen atoms in total. The Balaban J connectivity index is 2.54. The predicted molar refractivity (Wildman–Crippen MR) is 83.0 cm³/mol. The molecule has 1 atom stereocenters. The zero-order chi connectivity index (χ0) is 14.8. The molecule has 1 unspecified atom stereocenters. The summed E-state index contributed by atoms with van der Waals surface area (Å²) in [6, 6.07) is 10.1. The Morgan fingerprint density at radius 1 is 1.10 bits per heavy atom. The first-order chi connectivity index (χ1) is 9.61. The van der Waals surface area contributed by atoms with Gasteiger partial charge in [-0.05, 0) is 24.3 Å². The second-order valence-corrected chi connectivity index (χ2v) is 6.67. The summed E-state index contributed by atoms with van der Waals surface area (Å²) in [5.41, 5.74) is 1.21. The van der Waals surface area contributed by atoms with Crippen LogP contribution in [0.1, 0.15) is 45.1 Å². The largest absolute Gasteiger partial charge is 0.405 e. The van der Waals surface area contributed by atoms with Crippen LogP contribution in [0.2, 0.25) is 0 Å². The molecule has 1 rings (SSSR count). The Bertz CT molecular complexity index is 399. The van der Waals surface area contributed by atoms with Gasteiger partial charge in [-0.3, -0.25) is 9.05 Å². The molecular formula is C15H26NO3P. The van der Waals surface area contributed by atoms with Crippen molar-refractivity contribution in [1.29, 1.82) is 0 Å². The Kier molecular flexibility index (Phi) is 8.08. The van der Waals surface area contributed by atoms with Crippen molar-refractivity contribution in [2.24, 2.45) is 0 Å². The van der Waals surface area contributed by atoms with Crippen molar-refractivity contribution in [3.8, 4) is 0 Å². The fourth-order valence-electron chi connectivity index (χ4n) is 1.70. The van der Waals surface area contributed by atoms with E-state index in [0.29, 0.717) is 19.8 Å². The maximum atomic E-state index is 12.5. The summed E-state index contributed by atoms with van der Waals surface area (Å²) in [4.78, 5) is 0. The first-order valence-electron chi connectivity index (χ1n) is 7.30. The highest BCUT2D eigenvalue weighted by atomic mass is 31.2. The van der Waals surface area contributed by atoms with Crippen LogP contribution in [-0.4, -0.2) is 19.8 Å². The average Bonchev–Trinajstić information content (AvgIpc) is 2.50. The van der Waals surface area contributed by atoms with Crippen LogP contribution in [0.5, 0.6) is 0 Å². The molecule has 0 radical (unpaired) electrons. The lowest BCUT2D eigenvalue weighted by atomic mass is 10.0. The minimum absolute atomic E-state index is 0.250. The van der Waals surface area contributed by atoms with Crippen LogP contribution in [0.15, 0.2) is 30.3 Å². The van der Waals surface area contributed by atoms with E-state index >= 15 is 0 Å². The highest BCUT2D eigenvalue weighted by Crippen LogP contribution is 2.44. The molecule has 5 heteroatoms. The summed E-state index contributed by atoms with van der Waals surface area (Å²) in [6.45, 7) is 7.50. The van der Waals surface area contributed by atoms with E-state index in [-0.39, 0.29) is 5.92 Å². The Morgan fingerprint density at radius 3 is 2.15 bits per heavy atom. The number of hydrogen-bond donors (Lipinski definition) is 1. The molecule has 0 aliphatic heterocycles. The molecule has 0 spiro atoms. The van der Waals surface area contributed by atoms with Crippen LogP contribution in [0, 0.1) is 0 Å². The summed E-state index contributed by atoms with van der Waals surface area (Å²) in [6.07, 6.45) is 1.63. The number of nitrogens with one attached hydrogen (secondary N) is 1. The van der Waals surface area contributed by atoms with Crippen molar-refractivity contribution in [2.45, 2.75) is 39.5 Å². The van der Waals surface area contributed by atoms with E-state index in [0.717, 1.165) is 12.8 Å². The van der Waals surface area contributed by atoms with Gasteiger partial charge < -0.3 is 0 Å². The third-order valence-electron chi connectivity index (χ3n) is 2.89. The number of benzene rings is 1. The molecule has 0 aliphatic rings. The molecule has 0 heterocycles. The Morgan fingerprint density at radius 2 is 1.65 bits per heavy atom. The summed E-state index contributed by atoms with van der Waals surface area (Å²) < 4.78 is 23.3. The fourth-order valence-corrected chi connectivity index (χ4v) is 3.30. The molecule has 0 amide bonds. The third kappa shape index (κ3) is 6.19. The maximum Gasteiger partial charge on any atom is 0.405 e. The Labute approximate surface area is 122 Å². The van der Waals surface area contributed by atoms with Gasteiger partial charge in [0.25, 0.3) is 0 Å². The summed E-state index contributed by atoms with van der Waals surface area (Å²) in [5, 5.41) is 2.98. The molecule has 0 bridgehead atoms. The quantitative estimate of drug-likeness (QED) is 0.653. The zero-order valence-corrected chi connectivity index (χ0v) is 13.6. The van der Waals surface area contributed by atoms with E-state index in [1.165, 1.54) is 5.56 Å². The van der Waals surface area contributed by atoms with Gasteiger partial charge >= 0.3 is 7.75 Å².